The van der Waals surface area contributed by atoms with Crippen LogP contribution in [0.25, 0.3) is 0 Å². The molecule has 19 heavy (non-hydrogen) atoms. The quantitative estimate of drug-likeness (QED) is 0.648. The minimum atomic E-state index is 0.131. The molecule has 3 nitrogen and oxygen atoms in total. The van der Waals surface area contributed by atoms with E-state index in [2.05, 4.69) is 62.0 Å². The van der Waals surface area contributed by atoms with Crippen molar-refractivity contribution in [3.05, 3.63) is 50.6 Å². The van der Waals surface area contributed by atoms with Crippen molar-refractivity contribution >= 4 is 33.0 Å². The number of nitrogens with one attached hydrogen (secondary N) is 1. The molecule has 1 heterocycles. The molecule has 0 saturated heterocycles. The molecule has 0 amide bonds. The number of hydrazine groups is 1. The molecule has 2 aromatic rings. The molecule has 1 aromatic carbocycles. The molecule has 0 bridgehead atoms. The second kappa shape index (κ2) is 6.52. The average molecular weight is 340 g/mol. The lowest BCUT2D eigenvalue weighted by Gasteiger charge is -2.18. The van der Waals surface area contributed by atoms with Crippen LogP contribution in [-0.4, -0.2) is 14.1 Å². The molecule has 1 aromatic heterocycles. The molecular weight excluding hydrogens is 322 g/mol. The normalized spacial score (nSPS) is 12.4. The van der Waals surface area contributed by atoms with E-state index in [1.165, 1.54) is 16.1 Å². The van der Waals surface area contributed by atoms with Gasteiger partial charge in [0.2, 0.25) is 0 Å². The first kappa shape index (κ1) is 14.5. The molecular formula is C14H18BrN3S. The van der Waals surface area contributed by atoms with Gasteiger partial charge in [-0.2, -0.15) is 0 Å². The highest BCUT2D eigenvalue weighted by atomic mass is 79.9. The molecule has 1 unspecified atom stereocenters. The Kier molecular flexibility index (Phi) is 4.99. The summed E-state index contributed by atoms with van der Waals surface area (Å²) in [6.07, 6.45) is 0.885. The molecule has 102 valence electrons. The van der Waals surface area contributed by atoms with Crippen LogP contribution in [0.3, 0.4) is 0 Å². The average Bonchev–Trinajstić information content (AvgIpc) is 2.81. The summed E-state index contributed by atoms with van der Waals surface area (Å²) < 4.78 is 1.16. The zero-order valence-corrected chi connectivity index (χ0v) is 13.5. The second-order valence-corrected chi connectivity index (χ2v) is 6.46. The highest BCUT2D eigenvalue weighted by molar-refractivity contribution is 9.10. The summed E-state index contributed by atoms with van der Waals surface area (Å²) in [4.78, 5) is 3.39. The number of hydrogen-bond acceptors (Lipinski definition) is 4. The van der Waals surface area contributed by atoms with E-state index in [4.69, 9.17) is 5.84 Å². The van der Waals surface area contributed by atoms with E-state index in [1.54, 1.807) is 11.3 Å². The van der Waals surface area contributed by atoms with E-state index in [1.807, 2.05) is 14.1 Å². The third-order valence-corrected chi connectivity index (χ3v) is 5.04. The minimum Gasteiger partial charge on any atom is -0.378 e. The Bertz CT molecular complexity index is 522. The summed E-state index contributed by atoms with van der Waals surface area (Å²) in [7, 11) is 4.08. The Labute approximate surface area is 126 Å². The smallest absolute Gasteiger partial charge is 0.0508 e. The molecule has 2 rings (SSSR count). The Morgan fingerprint density at radius 2 is 1.95 bits per heavy atom. The maximum Gasteiger partial charge on any atom is 0.0508 e. The fourth-order valence-corrected chi connectivity index (χ4v) is 3.50. The van der Waals surface area contributed by atoms with Crippen LogP contribution in [0.5, 0.6) is 0 Å². The maximum atomic E-state index is 5.70. The lowest BCUT2D eigenvalue weighted by Crippen LogP contribution is -2.29. The molecule has 0 aliphatic heterocycles. The molecule has 3 N–H and O–H groups in total. The van der Waals surface area contributed by atoms with Gasteiger partial charge in [-0.05, 0) is 45.1 Å². The van der Waals surface area contributed by atoms with Gasteiger partial charge in [-0.15, -0.1) is 11.3 Å². The second-order valence-electron chi connectivity index (χ2n) is 4.60. The summed E-state index contributed by atoms with van der Waals surface area (Å²) in [5.74, 6) is 5.70. The number of anilines is 1. The van der Waals surface area contributed by atoms with Crippen LogP contribution in [-0.2, 0) is 6.42 Å². The molecule has 0 aliphatic rings. The van der Waals surface area contributed by atoms with Crippen molar-refractivity contribution in [2.24, 2.45) is 5.84 Å². The monoisotopic (exact) mass is 339 g/mol. The van der Waals surface area contributed by atoms with Gasteiger partial charge in [0.05, 0.1) is 6.04 Å². The van der Waals surface area contributed by atoms with Gasteiger partial charge < -0.3 is 4.90 Å². The predicted molar refractivity (Wildman–Crippen MR) is 86.6 cm³/mol. The Balaban J connectivity index is 2.15. The highest BCUT2D eigenvalue weighted by Gasteiger charge is 2.13. The number of rotatable bonds is 5. The zero-order chi connectivity index (χ0) is 13.8. The topological polar surface area (TPSA) is 41.3 Å². The zero-order valence-electron chi connectivity index (χ0n) is 11.1. The SMILES string of the molecule is CN(C)c1ccc(C(Cc2sccc2Br)NN)cc1. The summed E-state index contributed by atoms with van der Waals surface area (Å²) in [6, 6.07) is 10.7. The summed E-state index contributed by atoms with van der Waals surface area (Å²) in [6.45, 7) is 0. The summed E-state index contributed by atoms with van der Waals surface area (Å²) >= 11 is 5.31. The fourth-order valence-electron chi connectivity index (χ4n) is 1.93. The summed E-state index contributed by atoms with van der Waals surface area (Å²) in [5, 5.41) is 2.09. The van der Waals surface area contributed by atoms with E-state index in [0.717, 1.165) is 10.9 Å². The van der Waals surface area contributed by atoms with Crippen molar-refractivity contribution in [2.45, 2.75) is 12.5 Å². The largest absolute Gasteiger partial charge is 0.378 e. The maximum absolute atomic E-state index is 5.70. The Morgan fingerprint density at radius 3 is 2.42 bits per heavy atom. The van der Waals surface area contributed by atoms with Crippen LogP contribution in [0.15, 0.2) is 40.2 Å². The van der Waals surface area contributed by atoms with Gasteiger partial charge in [0.1, 0.15) is 0 Å². The number of nitrogens with zero attached hydrogens (tertiary/aromatic N) is 1. The van der Waals surface area contributed by atoms with Crippen molar-refractivity contribution in [3.8, 4) is 0 Å². The number of hydrogen-bond donors (Lipinski definition) is 2. The van der Waals surface area contributed by atoms with Crippen LogP contribution in [0.4, 0.5) is 5.69 Å². The third-order valence-electron chi connectivity index (χ3n) is 3.09. The van der Waals surface area contributed by atoms with Crippen LogP contribution >= 0.6 is 27.3 Å². The van der Waals surface area contributed by atoms with Gasteiger partial charge in [-0.1, -0.05) is 12.1 Å². The molecule has 1 atom stereocenters. The van der Waals surface area contributed by atoms with Crippen LogP contribution in [0.2, 0.25) is 0 Å². The first-order valence-corrected chi connectivity index (χ1v) is 7.74. The van der Waals surface area contributed by atoms with Gasteiger partial charge in [0.25, 0.3) is 0 Å². The van der Waals surface area contributed by atoms with Crippen LogP contribution in [0, 0.1) is 0 Å². The fraction of sp³-hybridized carbons (Fsp3) is 0.286. The van der Waals surface area contributed by atoms with Crippen molar-refractivity contribution in [1.29, 1.82) is 0 Å². The van der Waals surface area contributed by atoms with Gasteiger partial charge in [0.15, 0.2) is 0 Å². The lowest BCUT2D eigenvalue weighted by molar-refractivity contribution is 0.555. The van der Waals surface area contributed by atoms with Gasteiger partial charge in [-0.25, -0.2) is 0 Å². The van der Waals surface area contributed by atoms with E-state index in [0.29, 0.717) is 0 Å². The van der Waals surface area contributed by atoms with Gasteiger partial charge >= 0.3 is 0 Å². The molecule has 0 radical (unpaired) electrons. The van der Waals surface area contributed by atoms with E-state index >= 15 is 0 Å². The van der Waals surface area contributed by atoms with Crippen molar-refractivity contribution in [3.63, 3.8) is 0 Å². The van der Waals surface area contributed by atoms with E-state index in [9.17, 15) is 0 Å². The van der Waals surface area contributed by atoms with Crippen LogP contribution in [0.1, 0.15) is 16.5 Å². The first-order valence-electron chi connectivity index (χ1n) is 6.07. The standard InChI is InChI=1S/C14H18BrN3S/c1-18(2)11-5-3-10(4-6-11)13(17-16)9-14-12(15)7-8-19-14/h3-8,13,17H,9,16H2,1-2H3. The lowest BCUT2D eigenvalue weighted by atomic mass is 10.0. The number of thiophene rings is 1. The highest BCUT2D eigenvalue weighted by Crippen LogP contribution is 2.28. The van der Waals surface area contributed by atoms with E-state index in [-0.39, 0.29) is 6.04 Å². The number of nitrogens with two attached hydrogens (primary N) is 1. The first-order chi connectivity index (χ1) is 9.11. The molecule has 0 fully saturated rings. The Hall–Kier alpha value is -0.880. The van der Waals surface area contributed by atoms with E-state index < -0.39 is 0 Å². The van der Waals surface area contributed by atoms with Crippen molar-refractivity contribution in [2.75, 3.05) is 19.0 Å². The molecule has 0 spiro atoms. The number of benzene rings is 1. The molecule has 0 saturated carbocycles. The van der Waals surface area contributed by atoms with Gasteiger partial charge in [0, 0.05) is 35.6 Å². The van der Waals surface area contributed by atoms with Gasteiger partial charge in [-0.3, -0.25) is 11.3 Å². The predicted octanol–water partition coefficient (Wildman–Crippen LogP) is 3.32. The molecule has 5 heteroatoms. The number of halogens is 1. The van der Waals surface area contributed by atoms with Crippen molar-refractivity contribution < 1.29 is 0 Å². The summed E-state index contributed by atoms with van der Waals surface area (Å²) in [5.41, 5.74) is 5.30. The van der Waals surface area contributed by atoms with Crippen molar-refractivity contribution in [1.82, 2.24) is 5.43 Å². The third kappa shape index (κ3) is 3.57. The Morgan fingerprint density at radius 1 is 1.26 bits per heavy atom. The minimum absolute atomic E-state index is 0.131. The molecule has 0 aliphatic carbocycles. The van der Waals surface area contributed by atoms with Crippen LogP contribution < -0.4 is 16.2 Å².